The summed E-state index contributed by atoms with van der Waals surface area (Å²) in [6, 6.07) is 13.7. The van der Waals surface area contributed by atoms with Crippen molar-refractivity contribution in [3.8, 4) is 5.75 Å². The molecule has 2 aromatic carbocycles. The van der Waals surface area contributed by atoms with E-state index in [1.54, 1.807) is 42.5 Å². The average Bonchev–Trinajstić information content (AvgIpc) is 2.49. The highest BCUT2D eigenvalue weighted by Crippen LogP contribution is 2.16. The molecule has 2 rings (SSSR count). The van der Waals surface area contributed by atoms with Gasteiger partial charge in [-0.25, -0.2) is 4.39 Å². The van der Waals surface area contributed by atoms with Crippen LogP contribution in [0.25, 0.3) is 0 Å². The SMILES string of the molecule is CCOc1ccc(NC(=O)CCc2ccccc2F)cc1. The molecule has 0 aliphatic heterocycles. The van der Waals surface area contributed by atoms with Crippen LogP contribution in [0.5, 0.6) is 5.75 Å². The molecule has 0 aliphatic rings. The molecule has 4 heteroatoms. The zero-order valence-corrected chi connectivity index (χ0v) is 11.9. The van der Waals surface area contributed by atoms with Gasteiger partial charge in [-0.1, -0.05) is 18.2 Å². The van der Waals surface area contributed by atoms with E-state index in [0.717, 1.165) is 5.75 Å². The number of amides is 1. The first kappa shape index (κ1) is 15.0. The molecule has 0 aromatic heterocycles. The second-order valence-electron chi connectivity index (χ2n) is 4.60. The maximum atomic E-state index is 13.4. The minimum Gasteiger partial charge on any atom is -0.494 e. The first-order valence-electron chi connectivity index (χ1n) is 6.95. The molecule has 0 radical (unpaired) electrons. The number of hydrogen-bond donors (Lipinski definition) is 1. The molecule has 110 valence electrons. The number of carbonyl (C=O) groups excluding carboxylic acids is 1. The predicted molar refractivity (Wildman–Crippen MR) is 81.0 cm³/mol. The van der Waals surface area contributed by atoms with Crippen LogP contribution in [0.3, 0.4) is 0 Å². The Labute approximate surface area is 123 Å². The number of benzene rings is 2. The molecule has 0 fully saturated rings. The van der Waals surface area contributed by atoms with Gasteiger partial charge >= 0.3 is 0 Å². The van der Waals surface area contributed by atoms with Gasteiger partial charge in [0.2, 0.25) is 5.91 Å². The Morgan fingerprint density at radius 1 is 1.14 bits per heavy atom. The van der Waals surface area contributed by atoms with Gasteiger partial charge in [0.1, 0.15) is 11.6 Å². The van der Waals surface area contributed by atoms with Gasteiger partial charge in [-0.2, -0.15) is 0 Å². The van der Waals surface area contributed by atoms with E-state index in [4.69, 9.17) is 4.74 Å². The third kappa shape index (κ3) is 4.60. The van der Waals surface area contributed by atoms with Crippen LogP contribution in [0, 0.1) is 5.82 Å². The Morgan fingerprint density at radius 2 is 1.86 bits per heavy atom. The summed E-state index contributed by atoms with van der Waals surface area (Å²) in [6.07, 6.45) is 0.629. The van der Waals surface area contributed by atoms with Crippen molar-refractivity contribution in [2.24, 2.45) is 0 Å². The first-order valence-corrected chi connectivity index (χ1v) is 6.95. The Balaban J connectivity index is 1.85. The first-order chi connectivity index (χ1) is 10.2. The average molecular weight is 287 g/mol. The van der Waals surface area contributed by atoms with E-state index in [0.29, 0.717) is 24.3 Å². The van der Waals surface area contributed by atoms with E-state index in [1.807, 2.05) is 6.92 Å². The van der Waals surface area contributed by atoms with E-state index in [9.17, 15) is 9.18 Å². The number of hydrogen-bond acceptors (Lipinski definition) is 2. The molecule has 0 heterocycles. The van der Waals surface area contributed by atoms with Crippen LogP contribution in [0.15, 0.2) is 48.5 Å². The van der Waals surface area contributed by atoms with Crippen molar-refractivity contribution in [2.75, 3.05) is 11.9 Å². The Kier molecular flexibility index (Phi) is 5.32. The predicted octanol–water partition coefficient (Wildman–Crippen LogP) is 3.80. The van der Waals surface area contributed by atoms with Gasteiger partial charge in [-0.15, -0.1) is 0 Å². The summed E-state index contributed by atoms with van der Waals surface area (Å²) in [5.41, 5.74) is 1.26. The van der Waals surface area contributed by atoms with E-state index < -0.39 is 0 Å². The molecule has 21 heavy (non-hydrogen) atoms. The lowest BCUT2D eigenvalue weighted by atomic mass is 10.1. The second kappa shape index (κ2) is 7.43. The molecule has 1 N–H and O–H groups in total. The van der Waals surface area contributed by atoms with Crippen molar-refractivity contribution >= 4 is 11.6 Å². The van der Waals surface area contributed by atoms with Crippen LogP contribution < -0.4 is 10.1 Å². The van der Waals surface area contributed by atoms with Gasteiger partial charge in [-0.3, -0.25) is 4.79 Å². The zero-order chi connectivity index (χ0) is 15.1. The summed E-state index contributed by atoms with van der Waals surface area (Å²) in [4.78, 5) is 11.8. The minimum absolute atomic E-state index is 0.137. The Bertz CT molecular complexity index is 596. The molecule has 0 unspecified atom stereocenters. The quantitative estimate of drug-likeness (QED) is 0.877. The number of halogens is 1. The minimum atomic E-state index is -0.272. The highest BCUT2D eigenvalue weighted by atomic mass is 19.1. The third-order valence-electron chi connectivity index (χ3n) is 3.03. The molecular formula is C17H18FNO2. The zero-order valence-electron chi connectivity index (χ0n) is 11.9. The van der Waals surface area contributed by atoms with Gasteiger partial charge in [0, 0.05) is 12.1 Å². The topological polar surface area (TPSA) is 38.3 Å². The van der Waals surface area contributed by atoms with Crippen LogP contribution in [0.2, 0.25) is 0 Å². The van der Waals surface area contributed by atoms with Gasteiger partial charge < -0.3 is 10.1 Å². The summed E-state index contributed by atoms with van der Waals surface area (Å²) in [7, 11) is 0. The summed E-state index contributed by atoms with van der Waals surface area (Å²) in [5, 5.41) is 2.78. The Hall–Kier alpha value is -2.36. The van der Waals surface area contributed by atoms with Gasteiger partial charge in [0.05, 0.1) is 6.61 Å². The molecule has 0 aliphatic carbocycles. The number of carbonyl (C=O) groups is 1. The van der Waals surface area contributed by atoms with Crippen LogP contribution in [-0.4, -0.2) is 12.5 Å². The van der Waals surface area contributed by atoms with Crippen LogP contribution in [0.1, 0.15) is 18.9 Å². The number of aryl methyl sites for hydroxylation is 1. The summed E-state index contributed by atoms with van der Waals surface area (Å²) in [5.74, 6) is 0.357. The second-order valence-corrected chi connectivity index (χ2v) is 4.60. The lowest BCUT2D eigenvalue weighted by molar-refractivity contribution is -0.116. The van der Waals surface area contributed by atoms with Crippen LogP contribution in [-0.2, 0) is 11.2 Å². The van der Waals surface area contributed by atoms with Crippen molar-refractivity contribution < 1.29 is 13.9 Å². The molecule has 2 aromatic rings. The normalized spacial score (nSPS) is 10.2. The summed E-state index contributed by atoms with van der Waals surface area (Å²) >= 11 is 0. The number of nitrogens with one attached hydrogen (secondary N) is 1. The lowest BCUT2D eigenvalue weighted by Gasteiger charge is -2.07. The van der Waals surface area contributed by atoms with E-state index in [-0.39, 0.29) is 18.1 Å². The van der Waals surface area contributed by atoms with E-state index >= 15 is 0 Å². The Morgan fingerprint density at radius 3 is 2.52 bits per heavy atom. The van der Waals surface area contributed by atoms with Gasteiger partial charge in [0.15, 0.2) is 0 Å². The number of rotatable bonds is 6. The maximum absolute atomic E-state index is 13.4. The smallest absolute Gasteiger partial charge is 0.224 e. The number of ether oxygens (including phenoxy) is 1. The van der Waals surface area contributed by atoms with Crippen molar-refractivity contribution in [2.45, 2.75) is 19.8 Å². The fraction of sp³-hybridized carbons (Fsp3) is 0.235. The molecular weight excluding hydrogens is 269 g/mol. The van der Waals surface area contributed by atoms with Crippen molar-refractivity contribution in [1.82, 2.24) is 0 Å². The largest absolute Gasteiger partial charge is 0.494 e. The van der Waals surface area contributed by atoms with Gasteiger partial charge in [0.25, 0.3) is 0 Å². The maximum Gasteiger partial charge on any atom is 0.224 e. The molecule has 0 atom stereocenters. The number of anilines is 1. The molecule has 0 saturated heterocycles. The molecule has 1 amide bonds. The standard InChI is InChI=1S/C17H18FNO2/c1-2-21-15-10-8-14(9-11-15)19-17(20)12-7-13-5-3-4-6-16(13)18/h3-6,8-11H,2,7,12H2,1H3,(H,19,20). The van der Waals surface area contributed by atoms with Crippen molar-refractivity contribution in [1.29, 1.82) is 0 Å². The molecule has 0 saturated carbocycles. The van der Waals surface area contributed by atoms with Crippen LogP contribution >= 0.6 is 0 Å². The van der Waals surface area contributed by atoms with Crippen molar-refractivity contribution in [3.05, 3.63) is 59.9 Å². The highest BCUT2D eigenvalue weighted by Gasteiger charge is 2.06. The van der Waals surface area contributed by atoms with Crippen LogP contribution in [0.4, 0.5) is 10.1 Å². The molecule has 0 bridgehead atoms. The van der Waals surface area contributed by atoms with E-state index in [1.165, 1.54) is 6.07 Å². The van der Waals surface area contributed by atoms with Crippen molar-refractivity contribution in [3.63, 3.8) is 0 Å². The summed E-state index contributed by atoms with van der Waals surface area (Å²) < 4.78 is 18.8. The fourth-order valence-electron chi connectivity index (χ4n) is 1.97. The van der Waals surface area contributed by atoms with Gasteiger partial charge in [-0.05, 0) is 49.2 Å². The summed E-state index contributed by atoms with van der Waals surface area (Å²) in [6.45, 7) is 2.52. The third-order valence-corrected chi connectivity index (χ3v) is 3.03. The fourth-order valence-corrected chi connectivity index (χ4v) is 1.97. The molecule has 3 nitrogen and oxygen atoms in total. The van der Waals surface area contributed by atoms with E-state index in [2.05, 4.69) is 5.32 Å². The highest BCUT2D eigenvalue weighted by molar-refractivity contribution is 5.90. The lowest BCUT2D eigenvalue weighted by Crippen LogP contribution is -2.12. The molecule has 0 spiro atoms. The monoisotopic (exact) mass is 287 g/mol.